The lowest BCUT2D eigenvalue weighted by atomic mass is 10.3. The van der Waals surface area contributed by atoms with Crippen molar-refractivity contribution in [3.8, 4) is 11.9 Å². The van der Waals surface area contributed by atoms with Crippen molar-refractivity contribution in [2.45, 2.75) is 6.43 Å². The highest BCUT2D eigenvalue weighted by molar-refractivity contribution is 6.31. The molecule has 86 valence electrons. The molecule has 0 amide bonds. The SMILES string of the molecule is N#Cc1c(C(F)F)nn(-c2ccccn2)c1Cl. The van der Waals surface area contributed by atoms with Gasteiger partial charge in [0.1, 0.15) is 17.3 Å². The van der Waals surface area contributed by atoms with E-state index in [4.69, 9.17) is 16.9 Å². The standard InChI is InChI=1S/C10H5ClF2N4/c11-9-6(5-14)8(10(12)13)16-17(9)7-3-1-2-4-15-7/h1-4,10H. The highest BCUT2D eigenvalue weighted by atomic mass is 35.5. The monoisotopic (exact) mass is 254 g/mol. The lowest BCUT2D eigenvalue weighted by Crippen LogP contribution is -1.99. The summed E-state index contributed by atoms with van der Waals surface area (Å²) in [6.45, 7) is 0. The van der Waals surface area contributed by atoms with Crippen LogP contribution in [0.1, 0.15) is 17.7 Å². The van der Waals surface area contributed by atoms with Gasteiger partial charge in [0.05, 0.1) is 0 Å². The van der Waals surface area contributed by atoms with Crippen LogP contribution in [-0.2, 0) is 0 Å². The maximum absolute atomic E-state index is 12.6. The Kier molecular flexibility index (Phi) is 3.02. The second kappa shape index (κ2) is 4.47. The average Bonchev–Trinajstić information content (AvgIpc) is 2.67. The van der Waals surface area contributed by atoms with Crippen molar-refractivity contribution < 1.29 is 8.78 Å². The molecule has 0 aliphatic carbocycles. The largest absolute Gasteiger partial charge is 0.283 e. The van der Waals surface area contributed by atoms with E-state index < -0.39 is 12.1 Å². The Morgan fingerprint density at radius 2 is 2.18 bits per heavy atom. The van der Waals surface area contributed by atoms with Crippen LogP contribution >= 0.6 is 11.6 Å². The number of hydrogen-bond donors (Lipinski definition) is 0. The van der Waals surface area contributed by atoms with Crippen LogP contribution < -0.4 is 0 Å². The molecule has 2 rings (SSSR count). The Morgan fingerprint density at radius 3 is 2.65 bits per heavy atom. The molecule has 0 unspecified atom stereocenters. The van der Waals surface area contributed by atoms with Crippen molar-refractivity contribution in [2.24, 2.45) is 0 Å². The van der Waals surface area contributed by atoms with Gasteiger partial charge in [-0.05, 0) is 12.1 Å². The van der Waals surface area contributed by atoms with E-state index in [1.165, 1.54) is 6.20 Å². The first kappa shape index (κ1) is 11.5. The minimum atomic E-state index is -2.85. The van der Waals surface area contributed by atoms with Crippen LogP contribution in [0.2, 0.25) is 5.15 Å². The molecule has 0 fully saturated rings. The zero-order valence-corrected chi connectivity index (χ0v) is 9.07. The van der Waals surface area contributed by atoms with E-state index in [1.807, 2.05) is 0 Å². The highest BCUT2D eigenvalue weighted by Gasteiger charge is 2.24. The van der Waals surface area contributed by atoms with Gasteiger partial charge in [-0.25, -0.2) is 18.4 Å². The summed E-state index contributed by atoms with van der Waals surface area (Å²) in [5, 5.41) is 12.2. The number of rotatable bonds is 2. The summed E-state index contributed by atoms with van der Waals surface area (Å²) in [6, 6.07) is 6.49. The minimum absolute atomic E-state index is 0.165. The maximum atomic E-state index is 12.6. The van der Waals surface area contributed by atoms with Gasteiger partial charge in [-0.1, -0.05) is 17.7 Å². The van der Waals surface area contributed by atoms with Crippen LogP contribution in [-0.4, -0.2) is 14.8 Å². The molecule has 0 aliphatic heterocycles. The normalized spacial score (nSPS) is 10.5. The fourth-order valence-corrected chi connectivity index (χ4v) is 1.56. The van der Waals surface area contributed by atoms with Crippen molar-refractivity contribution in [2.75, 3.05) is 0 Å². The zero-order chi connectivity index (χ0) is 12.4. The summed E-state index contributed by atoms with van der Waals surface area (Å²) in [6.07, 6.45) is -1.38. The van der Waals surface area contributed by atoms with Gasteiger partial charge >= 0.3 is 0 Å². The van der Waals surface area contributed by atoms with Gasteiger partial charge in [0.25, 0.3) is 6.43 Å². The number of aromatic nitrogens is 3. The fraction of sp³-hybridized carbons (Fsp3) is 0.100. The second-order valence-corrected chi connectivity index (χ2v) is 3.42. The Balaban J connectivity index is 2.62. The van der Waals surface area contributed by atoms with Crippen molar-refractivity contribution in [1.82, 2.24) is 14.8 Å². The lowest BCUT2D eigenvalue weighted by molar-refractivity contribution is 0.145. The molecule has 0 aliphatic rings. The Morgan fingerprint density at radius 1 is 1.41 bits per heavy atom. The van der Waals surface area contributed by atoms with Crippen molar-refractivity contribution in [3.63, 3.8) is 0 Å². The molecular weight excluding hydrogens is 250 g/mol. The third-order valence-corrected chi connectivity index (χ3v) is 2.39. The summed E-state index contributed by atoms with van der Waals surface area (Å²) in [5.74, 6) is 0.279. The number of hydrogen-bond acceptors (Lipinski definition) is 3. The molecule has 0 radical (unpaired) electrons. The van der Waals surface area contributed by atoms with E-state index >= 15 is 0 Å². The van der Waals surface area contributed by atoms with E-state index in [1.54, 1.807) is 24.3 Å². The fourth-order valence-electron chi connectivity index (χ4n) is 1.30. The van der Waals surface area contributed by atoms with Crippen molar-refractivity contribution in [3.05, 3.63) is 40.8 Å². The van der Waals surface area contributed by atoms with Crippen molar-refractivity contribution >= 4 is 11.6 Å². The van der Waals surface area contributed by atoms with Crippen molar-refractivity contribution in [1.29, 1.82) is 5.26 Å². The first-order chi connectivity index (χ1) is 8.15. The molecule has 0 aromatic carbocycles. The predicted molar refractivity (Wildman–Crippen MR) is 56.0 cm³/mol. The van der Waals surface area contributed by atoms with Gasteiger partial charge < -0.3 is 0 Å². The number of alkyl halides is 2. The van der Waals surface area contributed by atoms with E-state index in [2.05, 4.69) is 10.1 Å². The maximum Gasteiger partial charge on any atom is 0.283 e. The molecule has 0 atom stereocenters. The molecule has 2 aromatic heterocycles. The van der Waals surface area contributed by atoms with Crippen LogP contribution in [0, 0.1) is 11.3 Å². The predicted octanol–water partition coefficient (Wildman–Crippen LogP) is 2.73. The summed E-state index contributed by atoms with van der Waals surface area (Å²) in [5.41, 5.74) is -0.963. The van der Waals surface area contributed by atoms with Gasteiger partial charge in [-0.3, -0.25) is 0 Å². The molecule has 4 nitrogen and oxygen atoms in total. The van der Waals surface area contributed by atoms with Gasteiger partial charge in [-0.15, -0.1) is 0 Å². The number of nitrogens with zero attached hydrogens (tertiary/aromatic N) is 4. The van der Waals surface area contributed by atoms with Crippen LogP contribution in [0.15, 0.2) is 24.4 Å². The Hall–Kier alpha value is -2.00. The molecule has 7 heteroatoms. The van der Waals surface area contributed by atoms with Crippen LogP contribution in [0.5, 0.6) is 0 Å². The van der Waals surface area contributed by atoms with Crippen LogP contribution in [0.4, 0.5) is 8.78 Å². The second-order valence-electron chi connectivity index (χ2n) is 3.06. The van der Waals surface area contributed by atoms with E-state index in [0.29, 0.717) is 0 Å². The molecule has 0 N–H and O–H groups in total. The average molecular weight is 255 g/mol. The van der Waals surface area contributed by atoms with Gasteiger partial charge in [0, 0.05) is 6.20 Å². The zero-order valence-electron chi connectivity index (χ0n) is 8.31. The number of halogens is 3. The van der Waals surface area contributed by atoms with E-state index in [0.717, 1.165) is 4.68 Å². The topological polar surface area (TPSA) is 54.5 Å². The molecule has 2 aromatic rings. The first-order valence-corrected chi connectivity index (χ1v) is 4.91. The number of pyridine rings is 1. The van der Waals surface area contributed by atoms with Gasteiger partial charge in [-0.2, -0.15) is 10.4 Å². The van der Waals surface area contributed by atoms with E-state index in [9.17, 15) is 8.78 Å². The molecular formula is C10H5ClF2N4. The summed E-state index contributed by atoms with van der Waals surface area (Å²) in [4.78, 5) is 3.92. The molecule has 2 heterocycles. The third kappa shape index (κ3) is 1.97. The first-order valence-electron chi connectivity index (χ1n) is 4.53. The third-order valence-electron chi connectivity index (χ3n) is 2.04. The molecule has 0 bridgehead atoms. The minimum Gasteiger partial charge on any atom is -0.237 e. The smallest absolute Gasteiger partial charge is 0.237 e. The lowest BCUT2D eigenvalue weighted by Gasteiger charge is -1.99. The van der Waals surface area contributed by atoms with Crippen LogP contribution in [0.3, 0.4) is 0 Å². The summed E-state index contributed by atoms with van der Waals surface area (Å²) in [7, 11) is 0. The Bertz CT molecular complexity index is 574. The highest BCUT2D eigenvalue weighted by Crippen LogP contribution is 2.28. The molecule has 0 saturated carbocycles. The number of nitriles is 1. The Labute approximate surface area is 100 Å². The summed E-state index contributed by atoms with van der Waals surface area (Å²) >= 11 is 5.81. The molecule has 0 spiro atoms. The molecule has 17 heavy (non-hydrogen) atoms. The van der Waals surface area contributed by atoms with E-state index in [-0.39, 0.29) is 16.5 Å². The van der Waals surface area contributed by atoms with Gasteiger partial charge in [0.2, 0.25) is 0 Å². The van der Waals surface area contributed by atoms with Gasteiger partial charge in [0.15, 0.2) is 11.0 Å². The quantitative estimate of drug-likeness (QED) is 0.828. The van der Waals surface area contributed by atoms with Crippen LogP contribution in [0.25, 0.3) is 5.82 Å². The molecule has 0 saturated heterocycles. The summed E-state index contributed by atoms with van der Waals surface area (Å²) < 4.78 is 26.3.